The van der Waals surface area contributed by atoms with Gasteiger partial charge in [-0.15, -0.1) is 0 Å². The monoisotopic (exact) mass is 433 g/mol. The number of pyridine rings is 2. The number of likely N-dealkylation sites (tertiary alicyclic amines) is 2. The Hall–Kier alpha value is -3.18. The molecule has 0 unspecified atom stereocenters. The molecule has 0 radical (unpaired) electrons. The van der Waals surface area contributed by atoms with Gasteiger partial charge in [-0.3, -0.25) is 9.69 Å². The zero-order valence-electron chi connectivity index (χ0n) is 18.6. The van der Waals surface area contributed by atoms with Crippen molar-refractivity contribution in [3.63, 3.8) is 0 Å². The van der Waals surface area contributed by atoms with Crippen LogP contribution >= 0.6 is 0 Å². The van der Waals surface area contributed by atoms with Crippen molar-refractivity contribution in [3.05, 3.63) is 47.8 Å². The van der Waals surface area contributed by atoms with Gasteiger partial charge in [0.1, 0.15) is 17.7 Å². The molecule has 2 aliphatic heterocycles. The lowest BCUT2D eigenvalue weighted by molar-refractivity contribution is -0.138. The van der Waals surface area contributed by atoms with Crippen molar-refractivity contribution in [1.29, 1.82) is 5.26 Å². The largest absolute Gasteiger partial charge is 0.373 e. The number of aromatic nitrogens is 2. The van der Waals surface area contributed by atoms with E-state index >= 15 is 0 Å². The number of nitrogens with one attached hydrogen (secondary N) is 2. The zero-order valence-corrected chi connectivity index (χ0v) is 18.6. The van der Waals surface area contributed by atoms with Crippen LogP contribution < -0.4 is 10.6 Å². The quantitative estimate of drug-likeness (QED) is 0.723. The minimum absolute atomic E-state index is 0.127. The van der Waals surface area contributed by atoms with Crippen molar-refractivity contribution in [3.8, 4) is 6.07 Å². The summed E-state index contributed by atoms with van der Waals surface area (Å²) in [5, 5.41) is 15.7. The molecule has 2 fully saturated rings. The van der Waals surface area contributed by atoms with Crippen LogP contribution in [0.4, 0.5) is 11.6 Å². The highest BCUT2D eigenvalue weighted by Gasteiger charge is 2.31. The zero-order chi connectivity index (χ0) is 22.3. The highest BCUT2D eigenvalue weighted by atomic mass is 16.2. The summed E-state index contributed by atoms with van der Waals surface area (Å²) >= 11 is 0. The predicted octanol–water partition coefficient (Wildman–Crippen LogP) is 2.71. The van der Waals surface area contributed by atoms with Crippen molar-refractivity contribution in [2.24, 2.45) is 5.92 Å². The van der Waals surface area contributed by atoms with Crippen LogP contribution in [0.2, 0.25) is 0 Å². The summed E-state index contributed by atoms with van der Waals surface area (Å²) in [6, 6.07) is 10.1. The minimum Gasteiger partial charge on any atom is -0.373 e. The number of carbonyl (C=O) groups is 1. The number of hydrogen-bond acceptors (Lipinski definition) is 7. The van der Waals surface area contributed by atoms with E-state index in [1.165, 1.54) is 5.56 Å². The third-order valence-corrected chi connectivity index (χ3v) is 6.50. The first-order valence-electron chi connectivity index (χ1n) is 11.4. The van der Waals surface area contributed by atoms with Gasteiger partial charge in [-0.05, 0) is 68.6 Å². The third kappa shape index (κ3) is 5.35. The van der Waals surface area contributed by atoms with E-state index < -0.39 is 0 Å². The lowest BCUT2D eigenvalue weighted by atomic mass is 9.93. The fourth-order valence-electron chi connectivity index (χ4n) is 4.61. The predicted molar refractivity (Wildman–Crippen MR) is 124 cm³/mol. The lowest BCUT2D eigenvalue weighted by Crippen LogP contribution is -2.47. The Morgan fingerprint density at radius 3 is 2.62 bits per heavy atom. The maximum absolute atomic E-state index is 13.1. The van der Waals surface area contributed by atoms with Crippen molar-refractivity contribution in [2.75, 3.05) is 43.9 Å². The van der Waals surface area contributed by atoms with Gasteiger partial charge < -0.3 is 15.5 Å². The topological polar surface area (TPSA) is 97.2 Å². The molecular formula is C24H31N7O. The molecule has 0 bridgehead atoms. The molecule has 0 aliphatic carbocycles. The summed E-state index contributed by atoms with van der Waals surface area (Å²) in [4.78, 5) is 26.1. The molecule has 8 nitrogen and oxygen atoms in total. The van der Waals surface area contributed by atoms with Crippen LogP contribution in [0.5, 0.6) is 0 Å². The summed E-state index contributed by atoms with van der Waals surface area (Å²) in [5.41, 5.74) is 1.81. The average Bonchev–Trinajstić information content (AvgIpc) is 2.85. The van der Waals surface area contributed by atoms with Gasteiger partial charge in [-0.2, -0.15) is 5.26 Å². The molecule has 0 saturated carbocycles. The number of piperidine rings is 2. The number of amides is 1. The van der Waals surface area contributed by atoms with E-state index in [9.17, 15) is 10.1 Å². The second-order valence-corrected chi connectivity index (χ2v) is 8.61. The molecule has 8 heteroatoms. The van der Waals surface area contributed by atoms with Gasteiger partial charge in [-0.1, -0.05) is 0 Å². The first-order chi connectivity index (χ1) is 15.7. The van der Waals surface area contributed by atoms with Crippen LogP contribution in [0, 0.1) is 17.2 Å². The molecule has 0 spiro atoms. The second kappa shape index (κ2) is 10.4. The Morgan fingerprint density at radius 1 is 1.12 bits per heavy atom. The number of nitriles is 1. The number of anilines is 2. The number of nitrogens with zero attached hydrogens (tertiary/aromatic N) is 5. The number of hydrogen-bond donors (Lipinski definition) is 2. The van der Waals surface area contributed by atoms with Crippen LogP contribution in [0.15, 0.2) is 36.7 Å². The molecule has 32 heavy (non-hydrogen) atoms. The van der Waals surface area contributed by atoms with E-state index in [0.29, 0.717) is 17.3 Å². The van der Waals surface area contributed by atoms with Gasteiger partial charge in [0, 0.05) is 51.0 Å². The van der Waals surface area contributed by atoms with E-state index in [0.717, 1.165) is 64.2 Å². The lowest BCUT2D eigenvalue weighted by Gasteiger charge is -2.37. The van der Waals surface area contributed by atoms with Gasteiger partial charge in [-0.25, -0.2) is 9.97 Å². The molecule has 2 N–H and O–H groups in total. The summed E-state index contributed by atoms with van der Waals surface area (Å²) in [6.07, 6.45) is 7.12. The standard InChI is InChI=1S/C24H31N7O/c1-26-22-15-18(4-10-27-22)17-30-11-5-19(6-12-30)24(32)31-13-7-21(8-14-31)29-23-20(16-25)3-2-9-28-23/h2-4,9-10,15,19,21H,5-8,11-14,17H2,1H3,(H,26,27)(H,28,29). The van der Waals surface area contributed by atoms with Gasteiger partial charge >= 0.3 is 0 Å². The molecule has 2 aliphatic rings. The van der Waals surface area contributed by atoms with Gasteiger partial charge in [0.25, 0.3) is 0 Å². The van der Waals surface area contributed by atoms with E-state index in [1.807, 2.05) is 18.1 Å². The Kier molecular flexibility index (Phi) is 7.17. The summed E-state index contributed by atoms with van der Waals surface area (Å²) in [5.74, 6) is 1.96. The Balaban J connectivity index is 1.22. The molecule has 1 amide bonds. The van der Waals surface area contributed by atoms with Crippen molar-refractivity contribution in [1.82, 2.24) is 19.8 Å². The fourth-order valence-corrected chi connectivity index (χ4v) is 4.61. The molecule has 2 aromatic rings. The smallest absolute Gasteiger partial charge is 0.225 e. The van der Waals surface area contributed by atoms with Crippen molar-refractivity contribution < 1.29 is 4.79 Å². The SMILES string of the molecule is CNc1cc(CN2CCC(C(=O)N3CCC(Nc4ncccc4C#N)CC3)CC2)ccn1. The highest BCUT2D eigenvalue weighted by Crippen LogP contribution is 2.24. The normalized spacial score (nSPS) is 18.2. The summed E-state index contributed by atoms with van der Waals surface area (Å²) < 4.78 is 0. The minimum atomic E-state index is 0.127. The third-order valence-electron chi connectivity index (χ3n) is 6.50. The van der Waals surface area contributed by atoms with E-state index in [1.54, 1.807) is 18.3 Å². The average molecular weight is 434 g/mol. The Morgan fingerprint density at radius 2 is 1.91 bits per heavy atom. The van der Waals surface area contributed by atoms with Gasteiger partial charge in [0.05, 0.1) is 5.56 Å². The van der Waals surface area contributed by atoms with Crippen LogP contribution in [0.3, 0.4) is 0 Å². The number of carbonyl (C=O) groups excluding carboxylic acids is 1. The van der Waals surface area contributed by atoms with Crippen LogP contribution in [0.25, 0.3) is 0 Å². The first-order valence-corrected chi connectivity index (χ1v) is 11.4. The van der Waals surface area contributed by atoms with E-state index in [-0.39, 0.29) is 12.0 Å². The maximum atomic E-state index is 13.1. The molecule has 2 saturated heterocycles. The van der Waals surface area contributed by atoms with Crippen LogP contribution in [0.1, 0.15) is 36.8 Å². The van der Waals surface area contributed by atoms with Crippen molar-refractivity contribution >= 4 is 17.5 Å². The maximum Gasteiger partial charge on any atom is 0.225 e. The van der Waals surface area contributed by atoms with Gasteiger partial charge in [0.2, 0.25) is 5.91 Å². The second-order valence-electron chi connectivity index (χ2n) is 8.61. The molecule has 0 aromatic carbocycles. The molecular weight excluding hydrogens is 402 g/mol. The molecule has 4 heterocycles. The highest BCUT2D eigenvalue weighted by molar-refractivity contribution is 5.79. The Labute approximate surface area is 189 Å². The molecule has 168 valence electrons. The summed E-state index contributed by atoms with van der Waals surface area (Å²) in [6.45, 7) is 4.31. The first kappa shape index (κ1) is 22.0. The fraction of sp³-hybridized carbons (Fsp3) is 0.500. The van der Waals surface area contributed by atoms with E-state index in [2.05, 4.69) is 43.7 Å². The van der Waals surface area contributed by atoms with Crippen LogP contribution in [-0.4, -0.2) is 64.9 Å². The number of rotatable bonds is 6. The summed E-state index contributed by atoms with van der Waals surface area (Å²) in [7, 11) is 1.88. The van der Waals surface area contributed by atoms with Crippen LogP contribution in [-0.2, 0) is 11.3 Å². The molecule has 2 aromatic heterocycles. The van der Waals surface area contributed by atoms with Gasteiger partial charge in [0.15, 0.2) is 0 Å². The van der Waals surface area contributed by atoms with E-state index in [4.69, 9.17) is 0 Å². The van der Waals surface area contributed by atoms with Crippen molar-refractivity contribution in [2.45, 2.75) is 38.3 Å². The Bertz CT molecular complexity index is 957. The molecule has 0 atom stereocenters. The molecule has 4 rings (SSSR count).